The summed E-state index contributed by atoms with van der Waals surface area (Å²) in [5.41, 5.74) is 2.60. The van der Waals surface area contributed by atoms with Gasteiger partial charge in [0.25, 0.3) is 11.8 Å². The molecule has 2 amide bonds. The molecule has 4 N–H and O–H groups in total. The van der Waals surface area contributed by atoms with E-state index >= 15 is 0 Å². The van der Waals surface area contributed by atoms with Crippen LogP contribution in [0, 0.1) is 0 Å². The van der Waals surface area contributed by atoms with Crippen molar-refractivity contribution in [1.29, 1.82) is 0 Å². The minimum absolute atomic E-state index is 0.180. The van der Waals surface area contributed by atoms with Crippen molar-refractivity contribution in [1.82, 2.24) is 20.6 Å². The lowest BCUT2D eigenvalue weighted by molar-refractivity contribution is 0.0935. The van der Waals surface area contributed by atoms with E-state index in [1.54, 1.807) is 12.1 Å². The highest BCUT2D eigenvalue weighted by atomic mass is 16.7. The van der Waals surface area contributed by atoms with E-state index in [2.05, 4.69) is 20.6 Å². The van der Waals surface area contributed by atoms with Gasteiger partial charge >= 0.3 is 0 Å². The number of hydrogen-bond acceptors (Lipinski definition) is 6. The van der Waals surface area contributed by atoms with Gasteiger partial charge in [-0.2, -0.15) is 0 Å². The Labute approximate surface area is 193 Å². The van der Waals surface area contributed by atoms with Gasteiger partial charge in [0.05, 0.1) is 0 Å². The summed E-state index contributed by atoms with van der Waals surface area (Å²) in [7, 11) is 0. The van der Waals surface area contributed by atoms with Gasteiger partial charge in [-0.05, 0) is 37.1 Å². The maximum Gasteiger partial charge on any atom is 0.267 e. The second-order valence-corrected chi connectivity index (χ2v) is 8.17. The SMILES string of the molecule is O=C(NCCCCNC(=O)c1cc2cc3c(cc2[nH]1)OCO3)c1cc2cc3c(cc2[nH]1)OCO3. The zero-order chi connectivity index (χ0) is 23.1. The Kier molecular flexibility index (Phi) is 4.90. The largest absolute Gasteiger partial charge is 0.454 e. The zero-order valence-electron chi connectivity index (χ0n) is 18.2. The van der Waals surface area contributed by atoms with Crippen molar-refractivity contribution in [2.24, 2.45) is 0 Å². The quantitative estimate of drug-likeness (QED) is 0.313. The van der Waals surface area contributed by atoms with E-state index in [9.17, 15) is 9.59 Å². The van der Waals surface area contributed by atoms with Crippen LogP contribution in [0.5, 0.6) is 23.0 Å². The molecule has 0 saturated heterocycles. The average molecular weight is 462 g/mol. The second-order valence-electron chi connectivity index (χ2n) is 8.17. The number of carbonyl (C=O) groups is 2. The Bertz CT molecular complexity index is 1230. The third kappa shape index (κ3) is 3.72. The number of rotatable bonds is 7. The van der Waals surface area contributed by atoms with E-state index in [4.69, 9.17) is 18.9 Å². The Morgan fingerprint density at radius 2 is 1.06 bits per heavy atom. The molecule has 34 heavy (non-hydrogen) atoms. The number of benzene rings is 2. The van der Waals surface area contributed by atoms with Crippen LogP contribution in [0.3, 0.4) is 0 Å². The van der Waals surface area contributed by atoms with Crippen molar-refractivity contribution >= 4 is 33.6 Å². The van der Waals surface area contributed by atoms with Gasteiger partial charge in [0.1, 0.15) is 11.4 Å². The summed E-state index contributed by atoms with van der Waals surface area (Å²) in [6, 6.07) is 11.0. The fraction of sp³-hybridized carbons (Fsp3) is 0.250. The molecule has 0 saturated carbocycles. The van der Waals surface area contributed by atoms with Crippen molar-refractivity contribution in [2.75, 3.05) is 26.7 Å². The van der Waals surface area contributed by atoms with Crippen molar-refractivity contribution in [3.63, 3.8) is 0 Å². The zero-order valence-corrected chi connectivity index (χ0v) is 18.2. The van der Waals surface area contributed by atoms with E-state index < -0.39 is 0 Å². The van der Waals surface area contributed by atoms with Gasteiger partial charge in [0, 0.05) is 47.0 Å². The highest BCUT2D eigenvalue weighted by molar-refractivity contribution is 5.99. The number of carbonyl (C=O) groups excluding carboxylic acids is 2. The molecule has 4 heterocycles. The van der Waals surface area contributed by atoms with Gasteiger partial charge in [0.15, 0.2) is 23.0 Å². The number of aromatic amines is 2. The van der Waals surface area contributed by atoms with Gasteiger partial charge in [-0.15, -0.1) is 0 Å². The van der Waals surface area contributed by atoms with Crippen LogP contribution < -0.4 is 29.6 Å². The van der Waals surface area contributed by atoms with Crippen LogP contribution in [0.25, 0.3) is 21.8 Å². The Morgan fingerprint density at radius 3 is 1.50 bits per heavy atom. The fourth-order valence-corrected chi connectivity index (χ4v) is 4.13. The minimum atomic E-state index is -0.180. The molecule has 0 fully saturated rings. The van der Waals surface area contributed by atoms with Crippen LogP contribution >= 0.6 is 0 Å². The van der Waals surface area contributed by atoms with Crippen LogP contribution in [0.15, 0.2) is 36.4 Å². The summed E-state index contributed by atoms with van der Waals surface area (Å²) < 4.78 is 21.5. The molecule has 0 spiro atoms. The normalized spacial score (nSPS) is 13.5. The molecule has 0 aliphatic carbocycles. The van der Waals surface area contributed by atoms with Crippen LogP contribution in [-0.4, -0.2) is 48.5 Å². The molecule has 2 aromatic heterocycles. The third-order valence-electron chi connectivity index (χ3n) is 5.89. The molecule has 4 aromatic rings. The van der Waals surface area contributed by atoms with Gasteiger partial charge in [-0.25, -0.2) is 0 Å². The van der Waals surface area contributed by atoms with Crippen molar-refractivity contribution < 1.29 is 28.5 Å². The lowest BCUT2D eigenvalue weighted by Gasteiger charge is -2.05. The topological polar surface area (TPSA) is 127 Å². The number of fused-ring (bicyclic) bond motifs is 4. The van der Waals surface area contributed by atoms with Gasteiger partial charge in [0.2, 0.25) is 13.6 Å². The molecule has 2 aromatic carbocycles. The van der Waals surface area contributed by atoms with Crippen LogP contribution in [0.2, 0.25) is 0 Å². The second kappa shape index (κ2) is 8.22. The summed E-state index contributed by atoms with van der Waals surface area (Å²) in [4.78, 5) is 31.1. The Balaban J connectivity index is 0.961. The molecule has 10 heteroatoms. The molecular weight excluding hydrogens is 440 g/mol. The maximum absolute atomic E-state index is 12.5. The summed E-state index contributed by atoms with van der Waals surface area (Å²) in [6.07, 6.45) is 1.46. The van der Waals surface area contributed by atoms with E-state index in [0.29, 0.717) is 47.5 Å². The van der Waals surface area contributed by atoms with Crippen LogP contribution in [-0.2, 0) is 0 Å². The summed E-state index contributed by atoms with van der Waals surface area (Å²) in [6.45, 7) is 1.43. The van der Waals surface area contributed by atoms with E-state index in [1.807, 2.05) is 24.3 Å². The highest BCUT2D eigenvalue weighted by Gasteiger charge is 2.18. The number of nitrogens with one attached hydrogen (secondary N) is 4. The first-order valence-electron chi connectivity index (χ1n) is 11.1. The molecule has 10 nitrogen and oxygen atoms in total. The van der Waals surface area contributed by atoms with Crippen LogP contribution in [0.4, 0.5) is 0 Å². The number of aromatic nitrogens is 2. The van der Waals surface area contributed by atoms with Gasteiger partial charge in [-0.1, -0.05) is 0 Å². The first-order valence-corrected chi connectivity index (χ1v) is 11.1. The number of ether oxygens (including phenoxy) is 4. The Hall–Kier alpha value is -4.34. The van der Waals surface area contributed by atoms with Gasteiger partial charge in [-0.3, -0.25) is 9.59 Å². The first-order chi connectivity index (χ1) is 16.6. The molecule has 6 rings (SSSR count). The van der Waals surface area contributed by atoms with Crippen LogP contribution in [0.1, 0.15) is 33.8 Å². The highest BCUT2D eigenvalue weighted by Crippen LogP contribution is 2.37. The number of H-pyrrole nitrogens is 2. The predicted octanol–water partition coefficient (Wildman–Crippen LogP) is 3.05. The van der Waals surface area contributed by atoms with Gasteiger partial charge < -0.3 is 39.5 Å². The number of hydrogen-bond donors (Lipinski definition) is 4. The number of amides is 2. The monoisotopic (exact) mass is 462 g/mol. The molecule has 2 aliphatic rings. The minimum Gasteiger partial charge on any atom is -0.454 e. The first kappa shape index (κ1) is 20.3. The summed E-state index contributed by atoms with van der Waals surface area (Å²) >= 11 is 0. The fourth-order valence-electron chi connectivity index (χ4n) is 4.13. The molecule has 0 radical (unpaired) electrons. The average Bonchev–Trinajstić information content (AvgIpc) is 3.62. The molecule has 0 unspecified atom stereocenters. The van der Waals surface area contributed by atoms with Crippen molar-refractivity contribution in [2.45, 2.75) is 12.8 Å². The molecule has 174 valence electrons. The number of unbranched alkanes of at least 4 members (excludes halogenated alkanes) is 1. The maximum atomic E-state index is 12.5. The summed E-state index contributed by atoms with van der Waals surface area (Å²) in [5.74, 6) is 2.34. The summed E-state index contributed by atoms with van der Waals surface area (Å²) in [5, 5.41) is 7.58. The molecule has 2 aliphatic heterocycles. The smallest absolute Gasteiger partial charge is 0.267 e. The lowest BCUT2D eigenvalue weighted by atomic mass is 10.2. The molecule has 0 atom stereocenters. The van der Waals surface area contributed by atoms with E-state index in [-0.39, 0.29) is 25.4 Å². The van der Waals surface area contributed by atoms with Crippen molar-refractivity contribution in [3.8, 4) is 23.0 Å². The Morgan fingerprint density at radius 1 is 0.647 bits per heavy atom. The van der Waals surface area contributed by atoms with E-state index in [0.717, 1.165) is 34.6 Å². The van der Waals surface area contributed by atoms with E-state index in [1.165, 1.54) is 0 Å². The van der Waals surface area contributed by atoms with Crippen molar-refractivity contribution in [3.05, 3.63) is 47.8 Å². The third-order valence-corrected chi connectivity index (χ3v) is 5.89. The molecular formula is C24H22N4O6. The molecule has 0 bridgehead atoms. The standard InChI is InChI=1S/C24H22N4O6/c29-23(17-5-13-7-19-21(33-11-31-19)9-15(13)27-17)25-3-1-2-4-26-24(30)18-6-14-8-20-22(34-12-32-20)10-16(14)28-18/h5-10,27-28H,1-4,11-12H2,(H,25,29)(H,26,30). The predicted molar refractivity (Wildman–Crippen MR) is 123 cm³/mol. The lowest BCUT2D eigenvalue weighted by Crippen LogP contribution is -2.27.